The van der Waals surface area contributed by atoms with Crippen molar-refractivity contribution in [2.45, 2.75) is 19.4 Å². The molecule has 0 aromatic heterocycles. The smallest absolute Gasteiger partial charge is 0.328 e. The lowest BCUT2D eigenvalue weighted by atomic mass is 10.3. The number of hydrogen-bond acceptors (Lipinski definition) is 3. The fraction of sp³-hybridized carbons (Fsp3) is 0.600. The first-order valence-electron chi connectivity index (χ1n) is 4.77. The van der Waals surface area contributed by atoms with E-state index in [0.717, 1.165) is 0 Å². The third-order valence-electron chi connectivity index (χ3n) is 1.65. The Labute approximate surface area is 94.4 Å². The van der Waals surface area contributed by atoms with Crippen LogP contribution in [0, 0.1) is 11.8 Å². The molecule has 0 bridgehead atoms. The topological polar surface area (TPSA) is 87.7 Å². The number of carboxylic acids is 1. The van der Waals surface area contributed by atoms with Gasteiger partial charge in [0.25, 0.3) is 0 Å². The van der Waals surface area contributed by atoms with Gasteiger partial charge in [0.15, 0.2) is 6.04 Å². The van der Waals surface area contributed by atoms with E-state index < -0.39 is 18.0 Å². The highest BCUT2D eigenvalue weighted by atomic mass is 16.5. The van der Waals surface area contributed by atoms with Crippen molar-refractivity contribution in [1.82, 2.24) is 10.6 Å². The van der Waals surface area contributed by atoms with Crippen molar-refractivity contribution in [2.75, 3.05) is 20.3 Å². The first-order valence-corrected chi connectivity index (χ1v) is 4.77. The molecule has 2 amide bonds. The average Bonchev–Trinajstić information content (AvgIpc) is 2.23. The Bertz CT molecular complexity index is 293. The predicted octanol–water partition coefficient (Wildman–Crippen LogP) is -0.201. The van der Waals surface area contributed by atoms with Crippen molar-refractivity contribution in [3.05, 3.63) is 0 Å². The van der Waals surface area contributed by atoms with E-state index in [-0.39, 0.29) is 6.61 Å². The lowest BCUT2D eigenvalue weighted by Gasteiger charge is -2.13. The minimum Gasteiger partial charge on any atom is -0.480 e. The summed E-state index contributed by atoms with van der Waals surface area (Å²) in [5, 5.41) is 13.5. The number of amides is 2. The summed E-state index contributed by atoms with van der Waals surface area (Å²) < 4.78 is 4.66. The van der Waals surface area contributed by atoms with Crippen LogP contribution in [0.4, 0.5) is 4.79 Å². The Hall–Kier alpha value is -1.74. The van der Waals surface area contributed by atoms with E-state index in [2.05, 4.69) is 27.2 Å². The number of rotatable bonds is 6. The van der Waals surface area contributed by atoms with E-state index in [0.29, 0.717) is 13.0 Å². The number of aliphatic carboxylic acids is 1. The van der Waals surface area contributed by atoms with Gasteiger partial charge in [-0.2, -0.15) is 0 Å². The highest BCUT2D eigenvalue weighted by Crippen LogP contribution is 1.85. The molecule has 1 atom stereocenters. The molecule has 0 radical (unpaired) electrons. The number of carbonyl (C=O) groups is 2. The van der Waals surface area contributed by atoms with Gasteiger partial charge < -0.3 is 20.5 Å². The summed E-state index contributed by atoms with van der Waals surface area (Å²) in [5.41, 5.74) is 0. The molecule has 0 saturated carbocycles. The molecule has 0 aromatic rings. The number of methoxy groups -OCH3 is 1. The average molecular weight is 228 g/mol. The van der Waals surface area contributed by atoms with Crippen LogP contribution in [0.25, 0.3) is 0 Å². The largest absolute Gasteiger partial charge is 0.480 e. The minimum atomic E-state index is -1.13. The molecular weight excluding hydrogens is 212 g/mol. The van der Waals surface area contributed by atoms with E-state index >= 15 is 0 Å². The number of carbonyl (C=O) groups excluding carboxylic acids is 1. The molecule has 0 rings (SSSR count). The summed E-state index contributed by atoms with van der Waals surface area (Å²) in [6.07, 6.45) is 0.534. The van der Waals surface area contributed by atoms with E-state index in [1.807, 2.05) is 0 Å². The molecule has 6 heteroatoms. The van der Waals surface area contributed by atoms with Crippen molar-refractivity contribution in [2.24, 2.45) is 0 Å². The van der Waals surface area contributed by atoms with Crippen LogP contribution in [0.1, 0.15) is 13.3 Å². The Morgan fingerprint density at radius 1 is 1.50 bits per heavy atom. The van der Waals surface area contributed by atoms with Crippen LogP contribution >= 0.6 is 0 Å². The monoisotopic (exact) mass is 228 g/mol. The van der Waals surface area contributed by atoms with E-state index in [9.17, 15) is 9.59 Å². The number of urea groups is 1. The zero-order valence-electron chi connectivity index (χ0n) is 9.37. The van der Waals surface area contributed by atoms with Crippen LogP contribution in [0.3, 0.4) is 0 Å². The van der Waals surface area contributed by atoms with E-state index in [4.69, 9.17) is 5.11 Å². The predicted molar refractivity (Wildman–Crippen MR) is 57.9 cm³/mol. The molecule has 0 aliphatic rings. The second-order valence-corrected chi connectivity index (χ2v) is 2.92. The van der Waals surface area contributed by atoms with Crippen molar-refractivity contribution in [1.29, 1.82) is 0 Å². The molecule has 0 fully saturated rings. The second kappa shape index (κ2) is 8.56. The number of nitrogens with one attached hydrogen (secondary N) is 2. The molecule has 0 spiro atoms. The van der Waals surface area contributed by atoms with Gasteiger partial charge in [0, 0.05) is 20.1 Å². The first kappa shape index (κ1) is 14.3. The van der Waals surface area contributed by atoms with Crippen LogP contribution in [-0.2, 0) is 9.53 Å². The summed E-state index contributed by atoms with van der Waals surface area (Å²) in [4.78, 5) is 21.9. The Morgan fingerprint density at radius 2 is 2.19 bits per heavy atom. The molecular formula is C10H16N2O4. The summed E-state index contributed by atoms with van der Waals surface area (Å²) in [6.45, 7) is 2.02. The summed E-state index contributed by atoms with van der Waals surface area (Å²) in [5.74, 6) is 4.32. The zero-order chi connectivity index (χ0) is 12.4. The summed E-state index contributed by atoms with van der Waals surface area (Å²) >= 11 is 0. The van der Waals surface area contributed by atoms with Crippen LogP contribution in [0.5, 0.6) is 0 Å². The highest BCUT2D eigenvalue weighted by Gasteiger charge is 2.18. The van der Waals surface area contributed by atoms with Crippen LogP contribution in [0.2, 0.25) is 0 Å². The van der Waals surface area contributed by atoms with E-state index in [1.54, 1.807) is 6.92 Å². The van der Waals surface area contributed by atoms with Crippen molar-refractivity contribution in [3.63, 3.8) is 0 Å². The maximum absolute atomic E-state index is 11.2. The molecule has 1 unspecified atom stereocenters. The lowest BCUT2D eigenvalue weighted by Crippen LogP contribution is -2.48. The van der Waals surface area contributed by atoms with Gasteiger partial charge in [0.05, 0.1) is 6.61 Å². The lowest BCUT2D eigenvalue weighted by molar-refractivity contribution is -0.140. The molecule has 6 nitrogen and oxygen atoms in total. The molecule has 16 heavy (non-hydrogen) atoms. The third-order valence-corrected chi connectivity index (χ3v) is 1.65. The summed E-state index contributed by atoms with van der Waals surface area (Å²) in [7, 11) is 1.37. The molecule has 0 aliphatic heterocycles. The van der Waals surface area contributed by atoms with Crippen LogP contribution in [-0.4, -0.2) is 43.4 Å². The fourth-order valence-electron chi connectivity index (χ4n) is 0.914. The SMILES string of the molecule is CC#CCCNC(=O)NC(COC)C(=O)O. The Morgan fingerprint density at radius 3 is 2.69 bits per heavy atom. The van der Waals surface area contributed by atoms with Gasteiger partial charge in [-0.15, -0.1) is 11.8 Å². The van der Waals surface area contributed by atoms with Crippen LogP contribution < -0.4 is 10.6 Å². The fourth-order valence-corrected chi connectivity index (χ4v) is 0.914. The van der Waals surface area contributed by atoms with Gasteiger partial charge in [-0.1, -0.05) is 0 Å². The molecule has 0 aliphatic carbocycles. The van der Waals surface area contributed by atoms with Gasteiger partial charge in [-0.25, -0.2) is 9.59 Å². The standard InChI is InChI=1S/C10H16N2O4/c1-3-4-5-6-11-10(15)12-8(7-16-2)9(13)14/h8H,5-7H2,1-2H3,(H,13,14)(H2,11,12,15). The minimum absolute atomic E-state index is 0.0719. The van der Waals surface area contributed by atoms with Gasteiger partial charge in [-0.3, -0.25) is 0 Å². The number of carboxylic acid groups (broad SMARTS) is 1. The second-order valence-electron chi connectivity index (χ2n) is 2.92. The molecule has 3 N–H and O–H groups in total. The molecule has 0 aromatic carbocycles. The maximum Gasteiger partial charge on any atom is 0.328 e. The van der Waals surface area contributed by atoms with Crippen molar-refractivity contribution >= 4 is 12.0 Å². The molecule has 0 heterocycles. The molecule has 0 saturated heterocycles. The zero-order valence-corrected chi connectivity index (χ0v) is 9.37. The van der Waals surface area contributed by atoms with Gasteiger partial charge in [0.1, 0.15) is 0 Å². The Kier molecular flexibility index (Phi) is 7.63. The number of hydrogen-bond donors (Lipinski definition) is 3. The quantitative estimate of drug-likeness (QED) is 0.434. The van der Waals surface area contributed by atoms with Gasteiger partial charge in [0.2, 0.25) is 0 Å². The first-order chi connectivity index (χ1) is 7.61. The third kappa shape index (κ3) is 6.68. The van der Waals surface area contributed by atoms with Crippen molar-refractivity contribution < 1.29 is 19.4 Å². The van der Waals surface area contributed by atoms with Crippen LogP contribution in [0.15, 0.2) is 0 Å². The van der Waals surface area contributed by atoms with Crippen molar-refractivity contribution in [3.8, 4) is 11.8 Å². The summed E-state index contributed by atoms with van der Waals surface area (Å²) in [6, 6.07) is -1.58. The van der Waals surface area contributed by atoms with E-state index in [1.165, 1.54) is 7.11 Å². The maximum atomic E-state index is 11.2. The number of ether oxygens (including phenoxy) is 1. The Balaban J connectivity index is 3.89. The molecule has 90 valence electrons. The van der Waals surface area contributed by atoms with Gasteiger partial charge in [-0.05, 0) is 6.92 Å². The normalized spacial score (nSPS) is 10.9. The van der Waals surface area contributed by atoms with Gasteiger partial charge >= 0.3 is 12.0 Å². The highest BCUT2D eigenvalue weighted by molar-refractivity contribution is 5.82.